The number of methoxy groups -OCH3 is 1. The summed E-state index contributed by atoms with van der Waals surface area (Å²) in [4.78, 5) is 11.5. The zero-order chi connectivity index (χ0) is 13.1. The topological polar surface area (TPSA) is 44.8 Å². The normalized spacial score (nSPS) is 10.9. The molecule has 0 aromatic heterocycles. The molecule has 0 aliphatic heterocycles. The maximum absolute atomic E-state index is 11.5. The van der Waals surface area contributed by atoms with Gasteiger partial charge in [0.05, 0.1) is 7.11 Å². The van der Waals surface area contributed by atoms with Crippen LogP contribution in [0.1, 0.15) is 26.3 Å². The molecule has 0 saturated carbocycles. The fourth-order valence-corrected chi connectivity index (χ4v) is 1.26. The molecule has 0 unspecified atom stereocenters. The minimum absolute atomic E-state index is 0.413. The van der Waals surface area contributed by atoms with E-state index < -0.39 is 11.8 Å². The lowest BCUT2D eigenvalue weighted by Gasteiger charge is -2.18. The van der Waals surface area contributed by atoms with Crippen molar-refractivity contribution in [1.29, 1.82) is 0 Å². The van der Waals surface area contributed by atoms with Gasteiger partial charge in [0.1, 0.15) is 17.1 Å². The van der Waals surface area contributed by atoms with Gasteiger partial charge in [-0.3, -0.25) is 0 Å². The minimum atomic E-state index is -0.717. The van der Waals surface area contributed by atoms with E-state index in [1.165, 1.54) is 0 Å². The second-order valence-corrected chi connectivity index (χ2v) is 4.75. The van der Waals surface area contributed by atoms with Crippen LogP contribution in [-0.2, 0) is 4.74 Å². The van der Waals surface area contributed by atoms with Crippen molar-refractivity contribution in [3.8, 4) is 11.5 Å². The average Bonchev–Trinajstić information content (AvgIpc) is 2.13. The second kappa shape index (κ2) is 5.08. The van der Waals surface area contributed by atoms with Crippen molar-refractivity contribution in [3.05, 3.63) is 23.8 Å². The molecule has 0 amide bonds. The number of hydrogen-bond acceptors (Lipinski definition) is 4. The Hall–Kier alpha value is -1.71. The van der Waals surface area contributed by atoms with Gasteiger partial charge in [0.15, 0.2) is 0 Å². The molecule has 17 heavy (non-hydrogen) atoms. The first-order valence-electron chi connectivity index (χ1n) is 5.37. The van der Waals surface area contributed by atoms with Gasteiger partial charge in [0.25, 0.3) is 0 Å². The highest BCUT2D eigenvalue weighted by atomic mass is 16.7. The fraction of sp³-hybridized carbons (Fsp3) is 0.462. The van der Waals surface area contributed by atoms with Crippen molar-refractivity contribution in [2.24, 2.45) is 0 Å². The Morgan fingerprint density at radius 3 is 2.24 bits per heavy atom. The Morgan fingerprint density at radius 1 is 1.12 bits per heavy atom. The zero-order valence-electron chi connectivity index (χ0n) is 10.9. The van der Waals surface area contributed by atoms with Crippen LogP contribution in [-0.4, -0.2) is 18.9 Å². The number of carbonyl (C=O) groups excluding carboxylic acids is 1. The van der Waals surface area contributed by atoms with Crippen LogP contribution < -0.4 is 9.47 Å². The van der Waals surface area contributed by atoms with Crippen LogP contribution in [0.4, 0.5) is 4.79 Å². The summed E-state index contributed by atoms with van der Waals surface area (Å²) in [5, 5.41) is 0. The molecule has 0 heterocycles. The third-order valence-electron chi connectivity index (χ3n) is 1.85. The van der Waals surface area contributed by atoms with Gasteiger partial charge in [-0.05, 0) is 45.4 Å². The maximum Gasteiger partial charge on any atom is 0.514 e. The quantitative estimate of drug-likeness (QED) is 0.585. The van der Waals surface area contributed by atoms with Gasteiger partial charge in [-0.15, -0.1) is 0 Å². The van der Waals surface area contributed by atoms with Crippen molar-refractivity contribution >= 4 is 6.16 Å². The molecule has 4 heteroatoms. The Balaban J connectivity index is 2.74. The number of aryl methyl sites for hydroxylation is 1. The van der Waals surface area contributed by atoms with Crippen LogP contribution in [0.15, 0.2) is 18.2 Å². The Morgan fingerprint density at radius 2 is 1.71 bits per heavy atom. The van der Waals surface area contributed by atoms with Gasteiger partial charge in [0.2, 0.25) is 0 Å². The molecule has 1 aromatic rings. The third-order valence-corrected chi connectivity index (χ3v) is 1.85. The molecule has 0 fully saturated rings. The molecule has 0 spiro atoms. The molecule has 94 valence electrons. The van der Waals surface area contributed by atoms with Crippen molar-refractivity contribution in [3.63, 3.8) is 0 Å². The molecule has 0 saturated heterocycles. The molecule has 0 aliphatic carbocycles. The SMILES string of the molecule is COc1cc(C)cc(OC(=O)OC(C)(C)C)c1. The lowest BCUT2D eigenvalue weighted by Crippen LogP contribution is -2.26. The molecule has 0 aliphatic rings. The predicted octanol–water partition coefficient (Wildman–Crippen LogP) is 3.32. The Bertz CT molecular complexity index is 404. The summed E-state index contributed by atoms with van der Waals surface area (Å²) in [6.45, 7) is 7.24. The molecular formula is C13H18O4. The number of rotatable bonds is 2. The monoisotopic (exact) mass is 238 g/mol. The van der Waals surface area contributed by atoms with E-state index >= 15 is 0 Å². The van der Waals surface area contributed by atoms with Gasteiger partial charge in [0, 0.05) is 6.07 Å². The first-order chi connectivity index (χ1) is 7.80. The zero-order valence-corrected chi connectivity index (χ0v) is 10.9. The second-order valence-electron chi connectivity index (χ2n) is 4.75. The number of benzene rings is 1. The van der Waals surface area contributed by atoms with Crippen LogP contribution in [0.5, 0.6) is 11.5 Å². The molecule has 1 aromatic carbocycles. The van der Waals surface area contributed by atoms with Crippen molar-refractivity contribution < 1.29 is 19.0 Å². The Kier molecular flexibility index (Phi) is 3.99. The molecule has 0 N–H and O–H groups in total. The number of carbonyl (C=O) groups is 1. The number of hydrogen-bond donors (Lipinski definition) is 0. The van der Waals surface area contributed by atoms with E-state index in [9.17, 15) is 4.79 Å². The molecule has 0 bridgehead atoms. The standard InChI is InChI=1S/C13H18O4/c1-9-6-10(15-5)8-11(7-9)16-12(14)17-13(2,3)4/h6-8H,1-5H3. The molecule has 0 radical (unpaired) electrons. The minimum Gasteiger partial charge on any atom is -0.497 e. The van der Waals surface area contributed by atoms with E-state index in [1.807, 2.05) is 13.0 Å². The first-order valence-corrected chi connectivity index (χ1v) is 5.37. The van der Waals surface area contributed by atoms with Crippen LogP contribution in [0, 0.1) is 6.92 Å². The molecule has 1 rings (SSSR count). The fourth-order valence-electron chi connectivity index (χ4n) is 1.26. The van der Waals surface area contributed by atoms with Crippen LogP contribution in [0.25, 0.3) is 0 Å². The van der Waals surface area contributed by atoms with E-state index in [0.29, 0.717) is 11.5 Å². The van der Waals surface area contributed by atoms with E-state index in [4.69, 9.17) is 14.2 Å². The van der Waals surface area contributed by atoms with Gasteiger partial charge in [-0.1, -0.05) is 0 Å². The van der Waals surface area contributed by atoms with Crippen molar-refractivity contribution in [1.82, 2.24) is 0 Å². The van der Waals surface area contributed by atoms with Crippen LogP contribution in [0.3, 0.4) is 0 Å². The lowest BCUT2D eigenvalue weighted by molar-refractivity contribution is 0.0206. The van der Waals surface area contributed by atoms with Gasteiger partial charge in [-0.25, -0.2) is 4.79 Å². The van der Waals surface area contributed by atoms with E-state index in [-0.39, 0.29) is 0 Å². The van der Waals surface area contributed by atoms with Gasteiger partial charge >= 0.3 is 6.16 Å². The summed E-state index contributed by atoms with van der Waals surface area (Å²) < 4.78 is 15.2. The number of ether oxygens (including phenoxy) is 3. The summed E-state index contributed by atoms with van der Waals surface area (Å²) in [6, 6.07) is 5.23. The van der Waals surface area contributed by atoms with E-state index in [1.54, 1.807) is 40.0 Å². The van der Waals surface area contributed by atoms with Crippen LogP contribution in [0.2, 0.25) is 0 Å². The molecule has 0 atom stereocenters. The summed E-state index contributed by atoms with van der Waals surface area (Å²) in [6.07, 6.45) is -0.717. The highest BCUT2D eigenvalue weighted by molar-refractivity contribution is 5.64. The summed E-state index contributed by atoms with van der Waals surface area (Å²) in [5.74, 6) is 1.06. The lowest BCUT2D eigenvalue weighted by atomic mass is 10.2. The summed E-state index contributed by atoms with van der Waals surface area (Å²) in [7, 11) is 1.56. The maximum atomic E-state index is 11.5. The molecule has 4 nitrogen and oxygen atoms in total. The third kappa shape index (κ3) is 4.76. The first kappa shape index (κ1) is 13.4. The summed E-state index contributed by atoms with van der Waals surface area (Å²) in [5.41, 5.74) is 0.383. The van der Waals surface area contributed by atoms with Crippen molar-refractivity contribution in [2.75, 3.05) is 7.11 Å². The average molecular weight is 238 g/mol. The van der Waals surface area contributed by atoms with Crippen molar-refractivity contribution in [2.45, 2.75) is 33.3 Å². The summed E-state index contributed by atoms with van der Waals surface area (Å²) >= 11 is 0. The highest BCUT2D eigenvalue weighted by Gasteiger charge is 2.18. The van der Waals surface area contributed by atoms with E-state index in [2.05, 4.69) is 0 Å². The van der Waals surface area contributed by atoms with E-state index in [0.717, 1.165) is 5.56 Å². The largest absolute Gasteiger partial charge is 0.514 e. The Labute approximate surface area is 101 Å². The smallest absolute Gasteiger partial charge is 0.497 e. The molecular weight excluding hydrogens is 220 g/mol. The van der Waals surface area contributed by atoms with Crippen LogP contribution >= 0.6 is 0 Å². The predicted molar refractivity (Wildman–Crippen MR) is 64.6 cm³/mol. The van der Waals surface area contributed by atoms with Gasteiger partial charge in [-0.2, -0.15) is 0 Å². The van der Waals surface area contributed by atoms with Gasteiger partial charge < -0.3 is 14.2 Å². The highest BCUT2D eigenvalue weighted by Crippen LogP contribution is 2.23.